The minimum atomic E-state index is -4.62. The molecule has 2 atom stereocenters. The quantitative estimate of drug-likeness (QED) is 0.603. The summed E-state index contributed by atoms with van der Waals surface area (Å²) in [5, 5.41) is -0.349. The van der Waals surface area contributed by atoms with Crippen LogP contribution in [0, 0.1) is 0 Å². The molecule has 12 heteroatoms. The number of para-hydroxylation sites is 1. The Bertz CT molecular complexity index is 1230. The van der Waals surface area contributed by atoms with E-state index in [-0.39, 0.29) is 33.8 Å². The number of methoxy groups -OCH3 is 1. The number of carbonyl (C=O) groups is 1. The van der Waals surface area contributed by atoms with E-state index < -0.39 is 38.8 Å². The zero-order valence-corrected chi connectivity index (χ0v) is 19.6. The molecular formula is C21H18ClF3N2O4S2. The van der Waals surface area contributed by atoms with Crippen LogP contribution < -0.4 is 9.64 Å². The summed E-state index contributed by atoms with van der Waals surface area (Å²) < 4.78 is 69.7. The van der Waals surface area contributed by atoms with Gasteiger partial charge in [0.05, 0.1) is 47.4 Å². The second-order valence-corrected chi connectivity index (χ2v) is 11.4. The van der Waals surface area contributed by atoms with E-state index in [9.17, 15) is 26.4 Å². The number of alkyl halides is 3. The number of amidine groups is 1. The number of fused-ring (bicyclic) bond motifs is 1. The van der Waals surface area contributed by atoms with E-state index in [1.165, 1.54) is 12.0 Å². The summed E-state index contributed by atoms with van der Waals surface area (Å²) >= 11 is 7.30. The number of hydrogen-bond donors (Lipinski definition) is 0. The molecule has 2 saturated heterocycles. The first-order valence-corrected chi connectivity index (χ1v) is 12.8. The molecule has 2 aliphatic heterocycles. The smallest absolute Gasteiger partial charge is 0.416 e. The fraction of sp³-hybridized carbons (Fsp3) is 0.333. The Morgan fingerprint density at radius 3 is 2.67 bits per heavy atom. The summed E-state index contributed by atoms with van der Waals surface area (Å²) in [4.78, 5) is 18.3. The van der Waals surface area contributed by atoms with E-state index in [0.29, 0.717) is 11.3 Å². The van der Waals surface area contributed by atoms with Gasteiger partial charge in [0.15, 0.2) is 15.0 Å². The molecule has 33 heavy (non-hydrogen) atoms. The molecule has 0 spiro atoms. The highest BCUT2D eigenvalue weighted by Gasteiger charge is 2.50. The number of sulfone groups is 1. The van der Waals surface area contributed by atoms with E-state index in [1.54, 1.807) is 24.3 Å². The van der Waals surface area contributed by atoms with Crippen molar-refractivity contribution in [3.8, 4) is 5.75 Å². The molecule has 0 aliphatic carbocycles. The van der Waals surface area contributed by atoms with Crippen LogP contribution in [0.3, 0.4) is 0 Å². The third-order valence-corrected chi connectivity index (χ3v) is 8.88. The summed E-state index contributed by atoms with van der Waals surface area (Å²) in [5.41, 5.74) is -0.368. The molecule has 2 unspecified atom stereocenters. The normalized spacial score (nSPS) is 23.1. The van der Waals surface area contributed by atoms with Gasteiger partial charge in [0, 0.05) is 10.8 Å². The van der Waals surface area contributed by atoms with Crippen molar-refractivity contribution in [1.29, 1.82) is 0 Å². The second kappa shape index (κ2) is 8.84. The van der Waals surface area contributed by atoms with Gasteiger partial charge < -0.3 is 9.64 Å². The van der Waals surface area contributed by atoms with Crippen LogP contribution in [0.25, 0.3) is 0 Å². The lowest BCUT2D eigenvalue weighted by atomic mass is 10.1. The first-order valence-electron chi connectivity index (χ1n) is 9.75. The molecule has 1 amide bonds. The third kappa shape index (κ3) is 4.99. The van der Waals surface area contributed by atoms with Crippen molar-refractivity contribution in [1.82, 2.24) is 0 Å². The molecule has 2 aromatic carbocycles. The summed E-state index contributed by atoms with van der Waals surface area (Å²) in [6.45, 7) is 0. The van der Waals surface area contributed by atoms with Gasteiger partial charge in [0.1, 0.15) is 5.75 Å². The lowest BCUT2D eigenvalue weighted by molar-refractivity contribution is -0.137. The highest BCUT2D eigenvalue weighted by Crippen LogP contribution is 2.44. The average Bonchev–Trinajstić information content (AvgIpc) is 3.18. The number of benzene rings is 2. The Morgan fingerprint density at radius 1 is 1.24 bits per heavy atom. The van der Waals surface area contributed by atoms with Gasteiger partial charge in [-0.1, -0.05) is 41.6 Å². The number of nitrogens with zero attached hydrogens (tertiary/aromatic N) is 2. The van der Waals surface area contributed by atoms with E-state index in [0.717, 1.165) is 30.0 Å². The molecule has 0 radical (unpaired) electrons. The predicted molar refractivity (Wildman–Crippen MR) is 122 cm³/mol. The van der Waals surface area contributed by atoms with Crippen molar-refractivity contribution in [2.75, 3.05) is 23.5 Å². The van der Waals surface area contributed by atoms with Crippen LogP contribution in [0.4, 0.5) is 18.9 Å². The molecule has 0 aromatic heterocycles. The highest BCUT2D eigenvalue weighted by molar-refractivity contribution is 8.16. The van der Waals surface area contributed by atoms with Gasteiger partial charge >= 0.3 is 6.18 Å². The lowest BCUT2D eigenvalue weighted by Crippen LogP contribution is -2.38. The first kappa shape index (κ1) is 23.9. The topological polar surface area (TPSA) is 76.0 Å². The van der Waals surface area contributed by atoms with E-state index >= 15 is 0 Å². The Morgan fingerprint density at radius 2 is 1.97 bits per heavy atom. The highest BCUT2D eigenvalue weighted by atomic mass is 35.5. The summed E-state index contributed by atoms with van der Waals surface area (Å²) in [6, 6.07) is 9.04. The molecule has 2 aliphatic rings. The standard InChI is InChI=1S/C21H18ClF3N2O4S2/c1-31-17-5-3-2-4-12(17)8-19(28)26-20-27(16-10-33(29,30)11-18(16)32-20)15-9-13(21(23,24)25)6-7-14(15)22/h2-7,9,16,18H,8,10-11H2,1H3. The summed E-state index contributed by atoms with van der Waals surface area (Å²) in [7, 11) is -1.92. The molecular weight excluding hydrogens is 501 g/mol. The maximum atomic E-state index is 13.3. The number of ether oxygens (including phenoxy) is 1. The molecule has 6 nitrogen and oxygen atoms in total. The molecule has 176 valence electrons. The minimum Gasteiger partial charge on any atom is -0.496 e. The van der Waals surface area contributed by atoms with Crippen molar-refractivity contribution >= 4 is 50.0 Å². The molecule has 2 aromatic rings. The average molecular weight is 519 g/mol. The molecule has 0 N–H and O–H groups in total. The fourth-order valence-corrected chi connectivity index (χ4v) is 8.01. The Kier molecular flexibility index (Phi) is 6.41. The fourth-order valence-electron chi connectivity index (χ4n) is 3.88. The molecule has 0 saturated carbocycles. The molecule has 0 bridgehead atoms. The zero-order chi connectivity index (χ0) is 24.0. The maximum absolute atomic E-state index is 13.3. The van der Waals surface area contributed by atoms with Crippen LogP contribution in [0.15, 0.2) is 47.5 Å². The molecule has 2 heterocycles. The first-order chi connectivity index (χ1) is 15.5. The third-order valence-electron chi connectivity index (χ3n) is 5.35. The SMILES string of the molecule is COc1ccccc1CC(=O)N=C1SC2CS(=O)(=O)CC2N1c1cc(C(F)(F)F)ccc1Cl. The van der Waals surface area contributed by atoms with Crippen LogP contribution in [0.5, 0.6) is 5.75 Å². The number of halogens is 4. The van der Waals surface area contributed by atoms with E-state index in [4.69, 9.17) is 16.3 Å². The number of amides is 1. The van der Waals surface area contributed by atoms with Crippen LogP contribution in [0.1, 0.15) is 11.1 Å². The van der Waals surface area contributed by atoms with Crippen LogP contribution >= 0.6 is 23.4 Å². The van der Waals surface area contributed by atoms with Crippen LogP contribution in [0.2, 0.25) is 5.02 Å². The van der Waals surface area contributed by atoms with Crippen molar-refractivity contribution in [2.24, 2.45) is 4.99 Å². The lowest BCUT2D eigenvalue weighted by Gasteiger charge is -2.26. The van der Waals surface area contributed by atoms with Crippen LogP contribution in [-0.2, 0) is 27.2 Å². The summed E-state index contributed by atoms with van der Waals surface area (Å²) in [6.07, 6.45) is -4.71. The summed E-state index contributed by atoms with van der Waals surface area (Å²) in [5.74, 6) is -0.463. The Hall–Kier alpha value is -2.24. The largest absolute Gasteiger partial charge is 0.496 e. The van der Waals surface area contributed by atoms with Crippen molar-refractivity contribution in [3.63, 3.8) is 0 Å². The molecule has 2 fully saturated rings. The number of rotatable bonds is 4. The van der Waals surface area contributed by atoms with E-state index in [2.05, 4.69) is 4.99 Å². The van der Waals surface area contributed by atoms with E-state index in [1.807, 2.05) is 0 Å². The Labute approximate surface area is 197 Å². The van der Waals surface area contributed by atoms with Gasteiger partial charge in [-0.15, -0.1) is 0 Å². The molecule has 4 rings (SSSR count). The van der Waals surface area contributed by atoms with Crippen molar-refractivity contribution in [2.45, 2.75) is 23.9 Å². The van der Waals surface area contributed by atoms with Gasteiger partial charge in [-0.2, -0.15) is 18.2 Å². The predicted octanol–water partition coefficient (Wildman–Crippen LogP) is 4.21. The zero-order valence-electron chi connectivity index (χ0n) is 17.2. The number of hydrogen-bond acceptors (Lipinski definition) is 5. The van der Waals surface area contributed by atoms with Crippen molar-refractivity contribution < 1.29 is 31.1 Å². The van der Waals surface area contributed by atoms with Gasteiger partial charge in [-0.05, 0) is 24.3 Å². The van der Waals surface area contributed by atoms with Gasteiger partial charge in [-0.3, -0.25) is 4.79 Å². The minimum absolute atomic E-state index is 0.00146. The van der Waals surface area contributed by atoms with Crippen molar-refractivity contribution in [3.05, 3.63) is 58.6 Å². The van der Waals surface area contributed by atoms with Crippen LogP contribution in [-0.4, -0.2) is 49.4 Å². The number of carbonyl (C=O) groups excluding carboxylic acids is 1. The van der Waals surface area contributed by atoms with Gasteiger partial charge in [0.2, 0.25) is 0 Å². The second-order valence-electron chi connectivity index (χ2n) is 7.61. The number of anilines is 1. The number of aliphatic imine (C=N–C) groups is 1. The van der Waals surface area contributed by atoms with Gasteiger partial charge in [0.25, 0.3) is 5.91 Å². The Balaban J connectivity index is 1.73. The van der Waals surface area contributed by atoms with Gasteiger partial charge in [-0.25, -0.2) is 8.42 Å². The monoisotopic (exact) mass is 518 g/mol. The maximum Gasteiger partial charge on any atom is 0.416 e. The number of thioether (sulfide) groups is 1.